The van der Waals surface area contributed by atoms with Crippen molar-refractivity contribution in [2.45, 2.75) is 51.6 Å². The quantitative estimate of drug-likeness (QED) is 0.208. The minimum absolute atomic E-state index is 0.0375. The largest absolute Gasteiger partial charge is 0.480 e. The van der Waals surface area contributed by atoms with E-state index in [1.807, 2.05) is 13.8 Å². The maximum atomic E-state index is 12.3. The van der Waals surface area contributed by atoms with Crippen molar-refractivity contribution in [3.05, 3.63) is 0 Å². The molecule has 0 aliphatic heterocycles. The van der Waals surface area contributed by atoms with Crippen molar-refractivity contribution in [3.63, 3.8) is 0 Å². The van der Waals surface area contributed by atoms with Crippen molar-refractivity contribution in [2.24, 2.45) is 17.4 Å². The summed E-state index contributed by atoms with van der Waals surface area (Å²) in [5.74, 6) is -2.82. The van der Waals surface area contributed by atoms with E-state index in [9.17, 15) is 19.2 Å². The van der Waals surface area contributed by atoms with Crippen molar-refractivity contribution >= 4 is 23.7 Å². The summed E-state index contributed by atoms with van der Waals surface area (Å²) in [6.07, 6.45) is 2.40. The molecule has 0 rings (SSSR count). The number of carboxylic acid groups (broad SMARTS) is 1. The maximum absolute atomic E-state index is 12.3. The lowest BCUT2D eigenvalue weighted by Gasteiger charge is -2.23. The minimum Gasteiger partial charge on any atom is -0.480 e. The topological polar surface area (TPSA) is 177 Å². The van der Waals surface area contributed by atoms with Crippen LogP contribution in [-0.2, 0) is 19.2 Å². The first-order valence-corrected chi connectivity index (χ1v) is 8.75. The van der Waals surface area contributed by atoms with E-state index in [0.717, 1.165) is 6.42 Å². The summed E-state index contributed by atoms with van der Waals surface area (Å²) in [6.45, 7) is 3.31. The predicted molar refractivity (Wildman–Crippen MR) is 95.9 cm³/mol. The van der Waals surface area contributed by atoms with Gasteiger partial charge in [-0.3, -0.25) is 19.2 Å². The van der Waals surface area contributed by atoms with Gasteiger partial charge in [0.1, 0.15) is 12.6 Å². The second-order valence-corrected chi connectivity index (χ2v) is 6.15. The molecular formula is C16H31N5O5. The van der Waals surface area contributed by atoms with E-state index in [2.05, 4.69) is 16.0 Å². The Morgan fingerprint density at radius 2 is 1.69 bits per heavy atom. The second kappa shape index (κ2) is 13.1. The number of aliphatic carboxylic acids is 1. The third kappa shape index (κ3) is 9.94. The molecule has 0 aromatic rings. The lowest BCUT2D eigenvalue weighted by atomic mass is 9.98. The highest BCUT2D eigenvalue weighted by atomic mass is 16.4. The average molecular weight is 373 g/mol. The first-order valence-electron chi connectivity index (χ1n) is 8.75. The van der Waals surface area contributed by atoms with Gasteiger partial charge in [0, 0.05) is 0 Å². The Hall–Kier alpha value is -2.20. The number of rotatable bonds is 13. The van der Waals surface area contributed by atoms with E-state index in [-0.39, 0.29) is 12.5 Å². The van der Waals surface area contributed by atoms with E-state index in [4.69, 9.17) is 16.6 Å². The van der Waals surface area contributed by atoms with Gasteiger partial charge in [-0.05, 0) is 31.7 Å². The van der Waals surface area contributed by atoms with Gasteiger partial charge in [0.2, 0.25) is 17.7 Å². The maximum Gasteiger partial charge on any atom is 0.322 e. The highest BCUT2D eigenvalue weighted by molar-refractivity contribution is 5.92. The minimum atomic E-state index is -1.18. The van der Waals surface area contributed by atoms with Crippen LogP contribution < -0.4 is 27.4 Å². The van der Waals surface area contributed by atoms with Crippen LogP contribution in [0.15, 0.2) is 0 Å². The molecular weight excluding hydrogens is 342 g/mol. The van der Waals surface area contributed by atoms with Gasteiger partial charge in [-0.1, -0.05) is 20.3 Å². The second-order valence-electron chi connectivity index (χ2n) is 6.15. The fraction of sp³-hybridized carbons (Fsp3) is 0.750. The van der Waals surface area contributed by atoms with Gasteiger partial charge in [-0.2, -0.15) is 0 Å². The van der Waals surface area contributed by atoms with Crippen molar-refractivity contribution in [2.75, 3.05) is 19.6 Å². The summed E-state index contributed by atoms with van der Waals surface area (Å²) in [4.78, 5) is 46.4. The molecule has 3 unspecified atom stereocenters. The lowest BCUT2D eigenvalue weighted by Crippen LogP contribution is -2.54. The zero-order chi connectivity index (χ0) is 20.1. The Kier molecular flexibility index (Phi) is 12.0. The predicted octanol–water partition coefficient (Wildman–Crippen LogP) is -1.71. The normalized spacial score (nSPS) is 14.0. The van der Waals surface area contributed by atoms with E-state index >= 15 is 0 Å². The molecule has 26 heavy (non-hydrogen) atoms. The molecule has 0 fully saturated rings. The van der Waals surface area contributed by atoms with Crippen molar-refractivity contribution in [3.8, 4) is 0 Å². The molecule has 10 heteroatoms. The molecule has 0 aliphatic carbocycles. The zero-order valence-corrected chi connectivity index (χ0v) is 15.4. The van der Waals surface area contributed by atoms with Crippen molar-refractivity contribution in [1.82, 2.24) is 16.0 Å². The molecule has 0 spiro atoms. The SMILES string of the molecule is CCC(C)C(N)C(=O)NC(CCCCN)C(=O)NCC(=O)NCC(=O)O. The third-order valence-corrected chi connectivity index (χ3v) is 4.00. The Morgan fingerprint density at radius 3 is 2.23 bits per heavy atom. The molecule has 10 nitrogen and oxygen atoms in total. The highest BCUT2D eigenvalue weighted by Gasteiger charge is 2.26. The smallest absolute Gasteiger partial charge is 0.322 e. The number of nitrogens with two attached hydrogens (primary N) is 2. The summed E-state index contributed by atoms with van der Waals surface area (Å²) in [7, 11) is 0. The van der Waals surface area contributed by atoms with Crippen LogP contribution in [0.25, 0.3) is 0 Å². The number of carbonyl (C=O) groups excluding carboxylic acids is 3. The molecule has 0 aromatic carbocycles. The molecule has 0 aromatic heterocycles. The number of hydrogen-bond donors (Lipinski definition) is 6. The number of hydrogen-bond acceptors (Lipinski definition) is 6. The molecule has 0 heterocycles. The van der Waals surface area contributed by atoms with Gasteiger partial charge in [-0.15, -0.1) is 0 Å². The standard InChI is InChI=1S/C16H31N5O5/c1-3-10(2)14(18)16(26)21-11(6-4-5-7-17)15(25)20-8-12(22)19-9-13(23)24/h10-11,14H,3-9,17-18H2,1-2H3,(H,19,22)(H,20,25)(H,21,26)(H,23,24). The first-order chi connectivity index (χ1) is 12.2. The summed E-state index contributed by atoms with van der Waals surface area (Å²) in [6, 6.07) is -1.57. The monoisotopic (exact) mass is 373 g/mol. The van der Waals surface area contributed by atoms with E-state index in [1.165, 1.54) is 0 Å². The van der Waals surface area contributed by atoms with E-state index in [1.54, 1.807) is 0 Å². The number of unbranched alkanes of at least 4 members (excludes halogenated alkanes) is 1. The Morgan fingerprint density at radius 1 is 1.04 bits per heavy atom. The highest BCUT2D eigenvalue weighted by Crippen LogP contribution is 2.07. The number of carboxylic acids is 1. The van der Waals surface area contributed by atoms with Crippen LogP contribution in [0.5, 0.6) is 0 Å². The zero-order valence-electron chi connectivity index (χ0n) is 15.4. The fourth-order valence-electron chi connectivity index (χ4n) is 2.07. The van der Waals surface area contributed by atoms with Crippen LogP contribution in [0.1, 0.15) is 39.5 Å². The molecule has 3 atom stereocenters. The summed E-state index contributed by atoms with van der Waals surface area (Å²) in [5, 5.41) is 15.6. The van der Waals surface area contributed by atoms with Crippen LogP contribution in [0.2, 0.25) is 0 Å². The fourth-order valence-corrected chi connectivity index (χ4v) is 2.07. The summed E-state index contributed by atoms with van der Waals surface area (Å²) >= 11 is 0. The Bertz CT molecular complexity index is 486. The first kappa shape index (κ1) is 23.8. The van der Waals surface area contributed by atoms with Crippen molar-refractivity contribution in [1.29, 1.82) is 0 Å². The van der Waals surface area contributed by atoms with Gasteiger partial charge < -0.3 is 32.5 Å². The van der Waals surface area contributed by atoms with Gasteiger partial charge in [0.05, 0.1) is 12.6 Å². The van der Waals surface area contributed by atoms with Crippen LogP contribution >= 0.6 is 0 Å². The van der Waals surface area contributed by atoms with Crippen LogP contribution in [-0.4, -0.2) is 60.5 Å². The molecule has 8 N–H and O–H groups in total. The van der Waals surface area contributed by atoms with Crippen LogP contribution in [0, 0.1) is 5.92 Å². The Balaban J connectivity index is 4.68. The third-order valence-electron chi connectivity index (χ3n) is 4.00. The summed E-state index contributed by atoms with van der Waals surface area (Å²) in [5.41, 5.74) is 11.3. The van der Waals surface area contributed by atoms with Gasteiger partial charge in [0.25, 0.3) is 0 Å². The average Bonchev–Trinajstić information content (AvgIpc) is 2.62. The van der Waals surface area contributed by atoms with Gasteiger partial charge in [-0.25, -0.2) is 0 Å². The molecule has 150 valence electrons. The summed E-state index contributed by atoms with van der Waals surface area (Å²) < 4.78 is 0. The Labute approximate surface area is 153 Å². The number of amides is 3. The molecule has 0 bridgehead atoms. The van der Waals surface area contributed by atoms with Gasteiger partial charge in [0.15, 0.2) is 0 Å². The molecule has 0 saturated heterocycles. The number of carbonyl (C=O) groups is 4. The van der Waals surface area contributed by atoms with E-state index in [0.29, 0.717) is 25.8 Å². The van der Waals surface area contributed by atoms with Crippen LogP contribution in [0.3, 0.4) is 0 Å². The van der Waals surface area contributed by atoms with Crippen LogP contribution in [0.4, 0.5) is 0 Å². The lowest BCUT2D eigenvalue weighted by molar-refractivity contribution is -0.138. The molecule has 0 radical (unpaired) electrons. The molecule has 0 saturated carbocycles. The molecule has 0 aliphatic rings. The number of nitrogens with one attached hydrogen (secondary N) is 3. The molecule has 3 amide bonds. The van der Waals surface area contributed by atoms with Crippen molar-refractivity contribution < 1.29 is 24.3 Å². The van der Waals surface area contributed by atoms with E-state index < -0.39 is 42.3 Å². The van der Waals surface area contributed by atoms with Gasteiger partial charge >= 0.3 is 5.97 Å².